The number of aliphatic hydroxyl groups excluding tert-OH is 1. The summed E-state index contributed by atoms with van der Waals surface area (Å²) in [4.78, 5) is 10.5. The Hall–Kier alpha value is -0.960. The standard InChI is InChI=1S/C9H10BrNO5S/c10-6-1-3-7(4-2-6)17(15,16)11-8(5-12)9(13)14/h1-4,8,11-12H,5H2,(H,13,14). The lowest BCUT2D eigenvalue weighted by Crippen LogP contribution is -2.43. The molecule has 0 aliphatic heterocycles. The molecule has 0 saturated heterocycles. The molecule has 3 N–H and O–H groups in total. The summed E-state index contributed by atoms with van der Waals surface area (Å²) in [6, 6.07) is 4.13. The fourth-order valence-corrected chi connectivity index (χ4v) is 2.48. The molecule has 0 radical (unpaired) electrons. The van der Waals surface area contributed by atoms with Gasteiger partial charge in [-0.2, -0.15) is 4.72 Å². The first-order valence-electron chi connectivity index (χ1n) is 4.48. The number of aliphatic carboxylic acids is 1. The Kier molecular flexibility index (Phi) is 4.63. The van der Waals surface area contributed by atoms with Crippen molar-refractivity contribution >= 4 is 31.9 Å². The van der Waals surface area contributed by atoms with E-state index in [0.29, 0.717) is 4.47 Å². The number of rotatable bonds is 5. The van der Waals surface area contributed by atoms with Gasteiger partial charge in [-0.15, -0.1) is 0 Å². The van der Waals surface area contributed by atoms with Crippen molar-refractivity contribution in [3.8, 4) is 0 Å². The molecule has 0 amide bonds. The molecule has 1 unspecified atom stereocenters. The van der Waals surface area contributed by atoms with Crippen LogP contribution >= 0.6 is 15.9 Å². The van der Waals surface area contributed by atoms with Crippen molar-refractivity contribution in [3.05, 3.63) is 28.7 Å². The highest BCUT2D eigenvalue weighted by atomic mass is 79.9. The zero-order valence-electron chi connectivity index (χ0n) is 8.50. The van der Waals surface area contributed by atoms with Crippen LogP contribution in [0.3, 0.4) is 0 Å². The maximum atomic E-state index is 11.7. The van der Waals surface area contributed by atoms with Gasteiger partial charge in [-0.05, 0) is 24.3 Å². The van der Waals surface area contributed by atoms with Gasteiger partial charge in [0.15, 0.2) is 0 Å². The Morgan fingerprint density at radius 1 is 1.35 bits per heavy atom. The second-order valence-corrected chi connectivity index (χ2v) is 5.78. The SMILES string of the molecule is O=C(O)C(CO)NS(=O)(=O)c1ccc(Br)cc1. The molecule has 17 heavy (non-hydrogen) atoms. The van der Waals surface area contributed by atoms with Gasteiger partial charge in [-0.25, -0.2) is 8.42 Å². The van der Waals surface area contributed by atoms with Crippen molar-refractivity contribution in [1.82, 2.24) is 4.72 Å². The van der Waals surface area contributed by atoms with Crippen LogP contribution in [0.4, 0.5) is 0 Å². The van der Waals surface area contributed by atoms with Crippen molar-refractivity contribution in [2.45, 2.75) is 10.9 Å². The number of carboxylic acids is 1. The zero-order valence-corrected chi connectivity index (χ0v) is 10.9. The van der Waals surface area contributed by atoms with Crippen LogP contribution in [0.1, 0.15) is 0 Å². The van der Waals surface area contributed by atoms with Gasteiger partial charge in [0.25, 0.3) is 0 Å². The Balaban J connectivity index is 2.96. The quantitative estimate of drug-likeness (QED) is 0.716. The second-order valence-electron chi connectivity index (χ2n) is 3.15. The van der Waals surface area contributed by atoms with Crippen LogP contribution < -0.4 is 4.72 Å². The topological polar surface area (TPSA) is 104 Å². The molecule has 1 rings (SSSR count). The van der Waals surface area contributed by atoms with Crippen LogP contribution in [0.25, 0.3) is 0 Å². The van der Waals surface area contributed by atoms with E-state index >= 15 is 0 Å². The Morgan fingerprint density at radius 2 is 1.88 bits per heavy atom. The van der Waals surface area contributed by atoms with Gasteiger partial charge in [-0.1, -0.05) is 15.9 Å². The van der Waals surface area contributed by atoms with E-state index in [4.69, 9.17) is 10.2 Å². The van der Waals surface area contributed by atoms with Crippen LogP contribution in [0, 0.1) is 0 Å². The number of benzene rings is 1. The summed E-state index contributed by atoms with van der Waals surface area (Å²) in [7, 11) is -3.95. The predicted molar refractivity (Wildman–Crippen MR) is 63.0 cm³/mol. The summed E-state index contributed by atoms with van der Waals surface area (Å²) in [6.45, 7) is -0.814. The first-order chi connectivity index (χ1) is 7.86. The minimum Gasteiger partial charge on any atom is -0.480 e. The summed E-state index contributed by atoms with van der Waals surface area (Å²) < 4.78 is 26.0. The van der Waals surface area contributed by atoms with Gasteiger partial charge in [0, 0.05) is 4.47 Å². The summed E-state index contributed by atoms with van der Waals surface area (Å²) in [5, 5.41) is 17.4. The molecule has 0 saturated carbocycles. The number of aliphatic hydroxyl groups is 1. The molecule has 1 aromatic rings. The third kappa shape index (κ3) is 3.77. The summed E-state index contributed by atoms with van der Waals surface area (Å²) in [5.74, 6) is -1.44. The first kappa shape index (κ1) is 14.1. The van der Waals surface area contributed by atoms with E-state index < -0.39 is 28.6 Å². The highest BCUT2D eigenvalue weighted by Crippen LogP contribution is 2.14. The number of hydrogen-bond donors (Lipinski definition) is 3. The second kappa shape index (κ2) is 5.58. The molecule has 0 aliphatic carbocycles. The number of halogens is 1. The Labute approximate surface area is 106 Å². The van der Waals surface area contributed by atoms with Gasteiger partial charge in [-0.3, -0.25) is 4.79 Å². The molecule has 1 aromatic carbocycles. The van der Waals surface area contributed by atoms with Gasteiger partial charge in [0.05, 0.1) is 11.5 Å². The molecule has 6 nitrogen and oxygen atoms in total. The first-order valence-corrected chi connectivity index (χ1v) is 6.76. The monoisotopic (exact) mass is 323 g/mol. The lowest BCUT2D eigenvalue weighted by molar-refractivity contribution is -0.139. The molecular formula is C9H10BrNO5S. The average molecular weight is 324 g/mol. The Morgan fingerprint density at radius 3 is 2.29 bits per heavy atom. The van der Waals surface area contributed by atoms with E-state index in [1.54, 1.807) is 0 Å². The minimum absolute atomic E-state index is 0.0691. The lowest BCUT2D eigenvalue weighted by atomic mass is 10.3. The number of carbonyl (C=O) groups is 1. The van der Waals surface area contributed by atoms with Gasteiger partial charge in [0.1, 0.15) is 6.04 Å². The van der Waals surface area contributed by atoms with Crippen molar-refractivity contribution in [3.63, 3.8) is 0 Å². The summed E-state index contributed by atoms with van der Waals surface area (Å²) >= 11 is 3.15. The molecule has 0 aliphatic rings. The van der Waals surface area contributed by atoms with Crippen molar-refractivity contribution in [1.29, 1.82) is 0 Å². The van der Waals surface area contributed by atoms with Crippen LogP contribution in [0.2, 0.25) is 0 Å². The smallest absolute Gasteiger partial charge is 0.324 e. The summed E-state index contributed by atoms with van der Waals surface area (Å²) in [5.41, 5.74) is 0. The molecule has 0 spiro atoms. The molecule has 94 valence electrons. The normalized spacial score (nSPS) is 13.3. The maximum absolute atomic E-state index is 11.7. The van der Waals surface area contributed by atoms with E-state index in [1.807, 2.05) is 4.72 Å². The van der Waals surface area contributed by atoms with Crippen molar-refractivity contribution in [2.24, 2.45) is 0 Å². The van der Waals surface area contributed by atoms with E-state index in [0.717, 1.165) is 0 Å². The molecule has 0 bridgehead atoms. The van der Waals surface area contributed by atoms with Gasteiger partial charge in [0.2, 0.25) is 10.0 Å². The molecule has 0 fully saturated rings. The van der Waals surface area contributed by atoms with E-state index in [2.05, 4.69) is 15.9 Å². The van der Waals surface area contributed by atoms with Crippen molar-refractivity contribution < 1.29 is 23.4 Å². The zero-order chi connectivity index (χ0) is 13.1. The largest absolute Gasteiger partial charge is 0.480 e. The lowest BCUT2D eigenvalue weighted by Gasteiger charge is -2.12. The molecule has 8 heteroatoms. The summed E-state index contributed by atoms with van der Waals surface area (Å²) in [6.07, 6.45) is 0. The van der Waals surface area contributed by atoms with Gasteiger partial charge < -0.3 is 10.2 Å². The minimum atomic E-state index is -3.95. The van der Waals surface area contributed by atoms with Crippen LogP contribution in [0.5, 0.6) is 0 Å². The van der Waals surface area contributed by atoms with E-state index in [-0.39, 0.29) is 4.90 Å². The fraction of sp³-hybridized carbons (Fsp3) is 0.222. The molecule has 1 atom stereocenters. The molecular weight excluding hydrogens is 314 g/mol. The molecule has 0 heterocycles. The third-order valence-corrected chi connectivity index (χ3v) is 3.92. The highest BCUT2D eigenvalue weighted by Gasteiger charge is 2.24. The number of nitrogens with one attached hydrogen (secondary N) is 1. The maximum Gasteiger partial charge on any atom is 0.324 e. The highest BCUT2D eigenvalue weighted by molar-refractivity contribution is 9.10. The number of sulfonamides is 1. The van der Waals surface area contributed by atoms with Crippen LogP contribution in [-0.2, 0) is 14.8 Å². The van der Waals surface area contributed by atoms with Gasteiger partial charge >= 0.3 is 5.97 Å². The molecule has 0 aromatic heterocycles. The van der Waals surface area contributed by atoms with E-state index in [9.17, 15) is 13.2 Å². The van der Waals surface area contributed by atoms with Crippen molar-refractivity contribution in [2.75, 3.05) is 6.61 Å². The predicted octanol–water partition coefficient (Wildman–Crippen LogP) is 0.173. The number of hydrogen-bond acceptors (Lipinski definition) is 4. The average Bonchev–Trinajstić information content (AvgIpc) is 2.26. The fourth-order valence-electron chi connectivity index (χ4n) is 1.03. The Bertz CT molecular complexity index is 499. The number of carboxylic acid groups (broad SMARTS) is 1. The third-order valence-electron chi connectivity index (χ3n) is 1.90. The van der Waals surface area contributed by atoms with Crippen LogP contribution in [-0.4, -0.2) is 37.2 Å². The van der Waals surface area contributed by atoms with Crippen LogP contribution in [0.15, 0.2) is 33.6 Å². The van der Waals surface area contributed by atoms with E-state index in [1.165, 1.54) is 24.3 Å².